The van der Waals surface area contributed by atoms with E-state index in [4.69, 9.17) is 10.5 Å². The minimum Gasteiger partial charge on any atom is -0.383 e. The number of aromatic nitrogens is 3. The van der Waals surface area contributed by atoms with Crippen LogP contribution in [0.25, 0.3) is 10.9 Å². The molecule has 0 saturated carbocycles. The first kappa shape index (κ1) is 17.7. The molecule has 0 unspecified atom stereocenters. The quantitative estimate of drug-likeness (QED) is 0.679. The summed E-state index contributed by atoms with van der Waals surface area (Å²) in [6, 6.07) is 0.0543. The lowest BCUT2D eigenvalue weighted by Gasteiger charge is -2.41. The van der Waals surface area contributed by atoms with E-state index >= 15 is 0 Å². The number of H-pyrrole nitrogens is 1. The number of nitrogens with one attached hydrogen (secondary N) is 2. The predicted molar refractivity (Wildman–Crippen MR) is 99.8 cm³/mol. The largest absolute Gasteiger partial charge is 0.383 e. The number of hydrogen-bond acceptors (Lipinski definition) is 6. The SMILES string of the molecule is C[C@H]1CC[C@H]([C@@H]2CCOC2)N(C(=O)C(=O)Nc2cnc(N)c3cn[nH]c23)C1. The molecule has 4 rings (SSSR count). The third-order valence-electron chi connectivity index (χ3n) is 5.59. The van der Waals surface area contributed by atoms with Gasteiger partial charge in [0.2, 0.25) is 0 Å². The molecule has 144 valence electrons. The molecule has 9 nitrogen and oxygen atoms in total. The highest BCUT2D eigenvalue weighted by atomic mass is 16.5. The minimum atomic E-state index is -0.671. The number of rotatable bonds is 2. The van der Waals surface area contributed by atoms with Crippen LogP contribution in [0.1, 0.15) is 26.2 Å². The van der Waals surface area contributed by atoms with Gasteiger partial charge in [0.15, 0.2) is 0 Å². The first-order chi connectivity index (χ1) is 13.0. The molecule has 2 saturated heterocycles. The summed E-state index contributed by atoms with van der Waals surface area (Å²) in [4.78, 5) is 31.5. The van der Waals surface area contributed by atoms with Gasteiger partial charge in [0.1, 0.15) is 5.82 Å². The fourth-order valence-corrected chi connectivity index (χ4v) is 4.11. The van der Waals surface area contributed by atoms with E-state index in [0.29, 0.717) is 47.4 Å². The lowest BCUT2D eigenvalue weighted by Crippen LogP contribution is -2.53. The summed E-state index contributed by atoms with van der Waals surface area (Å²) in [6.07, 6.45) is 5.87. The molecule has 2 aromatic rings. The first-order valence-corrected chi connectivity index (χ1v) is 9.32. The van der Waals surface area contributed by atoms with E-state index in [9.17, 15) is 9.59 Å². The van der Waals surface area contributed by atoms with Crippen LogP contribution in [0.15, 0.2) is 12.4 Å². The number of amides is 2. The average Bonchev–Trinajstić information content (AvgIpc) is 3.35. The van der Waals surface area contributed by atoms with Gasteiger partial charge in [0.05, 0.1) is 35.6 Å². The Labute approximate surface area is 156 Å². The zero-order valence-corrected chi connectivity index (χ0v) is 15.3. The van der Waals surface area contributed by atoms with Crippen molar-refractivity contribution in [1.82, 2.24) is 20.1 Å². The topological polar surface area (TPSA) is 126 Å². The van der Waals surface area contributed by atoms with Crippen molar-refractivity contribution in [2.45, 2.75) is 32.2 Å². The summed E-state index contributed by atoms with van der Waals surface area (Å²) in [5.41, 5.74) is 6.75. The molecule has 9 heteroatoms. The van der Waals surface area contributed by atoms with Gasteiger partial charge in [-0.15, -0.1) is 0 Å². The van der Waals surface area contributed by atoms with Crippen LogP contribution in [0.5, 0.6) is 0 Å². The van der Waals surface area contributed by atoms with Crippen LogP contribution in [0.4, 0.5) is 11.5 Å². The van der Waals surface area contributed by atoms with E-state index < -0.39 is 11.8 Å². The summed E-state index contributed by atoms with van der Waals surface area (Å²) in [5, 5.41) is 10.00. The van der Waals surface area contributed by atoms with E-state index in [1.54, 1.807) is 4.90 Å². The van der Waals surface area contributed by atoms with Crippen LogP contribution in [0.2, 0.25) is 0 Å². The van der Waals surface area contributed by atoms with Crippen molar-refractivity contribution in [3.8, 4) is 0 Å². The van der Waals surface area contributed by atoms with E-state index in [0.717, 1.165) is 25.9 Å². The Morgan fingerprint density at radius 2 is 2.19 bits per heavy atom. The van der Waals surface area contributed by atoms with Gasteiger partial charge in [-0.2, -0.15) is 5.10 Å². The summed E-state index contributed by atoms with van der Waals surface area (Å²) >= 11 is 0. The highest BCUT2D eigenvalue weighted by Gasteiger charge is 2.38. The van der Waals surface area contributed by atoms with Gasteiger partial charge in [0.25, 0.3) is 0 Å². The molecule has 0 aromatic carbocycles. The molecule has 4 N–H and O–H groups in total. The fourth-order valence-electron chi connectivity index (χ4n) is 4.11. The molecular weight excluding hydrogens is 348 g/mol. The van der Waals surface area contributed by atoms with Crippen LogP contribution in [0, 0.1) is 11.8 Å². The number of nitrogens with zero attached hydrogens (tertiary/aromatic N) is 3. The number of pyridine rings is 1. The number of anilines is 2. The van der Waals surface area contributed by atoms with Crippen LogP contribution >= 0.6 is 0 Å². The second-order valence-corrected chi connectivity index (χ2v) is 7.50. The number of likely N-dealkylation sites (tertiary alicyclic amines) is 1. The Morgan fingerprint density at radius 1 is 1.33 bits per heavy atom. The van der Waals surface area contributed by atoms with Crippen molar-refractivity contribution in [1.29, 1.82) is 0 Å². The maximum absolute atomic E-state index is 13.0. The molecule has 27 heavy (non-hydrogen) atoms. The molecule has 2 fully saturated rings. The second kappa shape index (κ2) is 7.15. The van der Waals surface area contributed by atoms with E-state index in [2.05, 4.69) is 27.4 Å². The molecule has 0 spiro atoms. The Balaban J connectivity index is 1.53. The maximum Gasteiger partial charge on any atom is 0.314 e. The fraction of sp³-hybridized carbons (Fsp3) is 0.556. The van der Waals surface area contributed by atoms with E-state index in [-0.39, 0.29) is 6.04 Å². The normalized spacial score (nSPS) is 25.7. The Morgan fingerprint density at radius 3 is 2.96 bits per heavy atom. The predicted octanol–water partition coefficient (Wildman–Crippen LogP) is 1.14. The number of carbonyl (C=O) groups is 2. The van der Waals surface area contributed by atoms with Crippen molar-refractivity contribution in [3.05, 3.63) is 12.4 Å². The number of nitrogens with two attached hydrogens (primary N) is 1. The Bertz CT molecular complexity index is 860. The van der Waals surface area contributed by atoms with Crippen molar-refractivity contribution >= 4 is 34.2 Å². The van der Waals surface area contributed by atoms with E-state index in [1.807, 2.05) is 0 Å². The smallest absolute Gasteiger partial charge is 0.314 e. The van der Waals surface area contributed by atoms with Gasteiger partial charge in [-0.3, -0.25) is 14.7 Å². The Kier molecular flexibility index (Phi) is 4.69. The molecule has 2 amide bonds. The van der Waals surface area contributed by atoms with Gasteiger partial charge in [-0.25, -0.2) is 4.98 Å². The average molecular weight is 372 g/mol. The van der Waals surface area contributed by atoms with Gasteiger partial charge < -0.3 is 20.7 Å². The zero-order chi connectivity index (χ0) is 19.0. The molecule has 2 aromatic heterocycles. The first-order valence-electron chi connectivity index (χ1n) is 9.32. The number of hydrogen-bond donors (Lipinski definition) is 3. The van der Waals surface area contributed by atoms with E-state index in [1.165, 1.54) is 12.4 Å². The number of fused-ring (bicyclic) bond motifs is 1. The second-order valence-electron chi connectivity index (χ2n) is 7.50. The van der Waals surface area contributed by atoms with Crippen LogP contribution in [0.3, 0.4) is 0 Å². The molecule has 0 aliphatic carbocycles. The van der Waals surface area contributed by atoms with Gasteiger partial charge >= 0.3 is 11.8 Å². The number of ether oxygens (including phenoxy) is 1. The standard InChI is InChI=1S/C18H24N6O3/c1-10-2-3-14(11-4-5-27-9-11)24(8-10)18(26)17(25)22-13-7-20-16(19)12-6-21-23-15(12)13/h6-7,10-11,14H,2-5,8-9H2,1H3,(H2,19,20)(H,21,23)(H,22,25)/t10-,11+,14+/m0/s1. The number of aromatic amines is 1. The molecule has 2 aliphatic heterocycles. The van der Waals surface area contributed by atoms with Crippen LogP contribution in [-0.2, 0) is 14.3 Å². The van der Waals surface area contributed by atoms with Crippen molar-refractivity contribution < 1.29 is 14.3 Å². The number of piperidine rings is 1. The van der Waals surface area contributed by atoms with Gasteiger partial charge in [-0.05, 0) is 25.2 Å². The van der Waals surface area contributed by atoms with Crippen LogP contribution in [-0.4, -0.2) is 57.7 Å². The highest BCUT2D eigenvalue weighted by molar-refractivity contribution is 6.40. The molecule has 2 aliphatic rings. The number of carbonyl (C=O) groups excluding carboxylic acids is 2. The summed E-state index contributed by atoms with van der Waals surface area (Å²) < 4.78 is 5.50. The minimum absolute atomic E-state index is 0.0543. The van der Waals surface area contributed by atoms with Crippen molar-refractivity contribution in [2.24, 2.45) is 11.8 Å². The molecular formula is C18H24N6O3. The molecule has 3 atom stereocenters. The zero-order valence-electron chi connectivity index (χ0n) is 15.3. The lowest BCUT2D eigenvalue weighted by atomic mass is 9.86. The third-order valence-corrected chi connectivity index (χ3v) is 5.59. The van der Waals surface area contributed by atoms with Crippen molar-refractivity contribution in [2.75, 3.05) is 30.8 Å². The summed E-state index contributed by atoms with van der Waals surface area (Å²) in [6.45, 7) is 4.07. The highest BCUT2D eigenvalue weighted by Crippen LogP contribution is 2.31. The van der Waals surface area contributed by atoms with Gasteiger partial charge in [0, 0.05) is 25.1 Å². The molecule has 0 bridgehead atoms. The third kappa shape index (κ3) is 3.34. The van der Waals surface area contributed by atoms with Gasteiger partial charge in [-0.1, -0.05) is 6.92 Å². The monoisotopic (exact) mass is 372 g/mol. The number of nitrogen functional groups attached to an aromatic ring is 1. The lowest BCUT2D eigenvalue weighted by molar-refractivity contribution is -0.147. The Hall–Kier alpha value is -2.68. The maximum atomic E-state index is 13.0. The van der Waals surface area contributed by atoms with Crippen LogP contribution < -0.4 is 11.1 Å². The molecule has 0 radical (unpaired) electrons. The van der Waals surface area contributed by atoms with Crippen molar-refractivity contribution in [3.63, 3.8) is 0 Å². The summed E-state index contributed by atoms with van der Waals surface area (Å²) in [5.74, 6) is -0.197. The molecule has 4 heterocycles. The summed E-state index contributed by atoms with van der Waals surface area (Å²) in [7, 11) is 0.